The lowest BCUT2D eigenvalue weighted by Gasteiger charge is -2.34. The van der Waals surface area contributed by atoms with Crippen molar-refractivity contribution in [2.45, 2.75) is 93.9 Å². The van der Waals surface area contributed by atoms with Gasteiger partial charge in [0.25, 0.3) is 0 Å². The molecule has 3 aromatic carbocycles. The minimum absolute atomic E-state index is 0.121. The predicted octanol–water partition coefficient (Wildman–Crippen LogP) is 7.61. The molecule has 0 radical (unpaired) electrons. The molecule has 1 atom stereocenters. The first-order valence-corrected chi connectivity index (χ1v) is 25.3. The molecule has 4 fully saturated rings. The van der Waals surface area contributed by atoms with Gasteiger partial charge in [-0.2, -0.15) is 4.98 Å². The molecule has 2 saturated heterocycles. The molecule has 2 amide bonds. The standard InChI is InChI=1S/C48H59ClFN9O5S/c1-64-42-27-34(11-14-40(42)55-47-53-28-38(49)45(57-47)54-41-5-3-4-37-44(41)59(65(2,62)63)29-48(37)19-20-48)58-24-17-33(18-25-58)52-23-22-51-21-16-30-6-8-31(9-7-30)32-10-12-35(39(50)26-32)36-13-15-43(60)56-46(36)61/h3-5,10-12,14,26-28,30-31,33,36,51-52H,6-9,13,15-25,29H2,1-2H3,(H,56,60,61)(H2,53,54,55,57). The molecule has 65 heavy (non-hydrogen) atoms. The van der Waals surface area contributed by atoms with Crippen molar-refractivity contribution >= 4 is 68.0 Å². The SMILES string of the molecule is COc1cc(N2CCC(NCCNCCC3CCC(c4ccc(C5CCC(=O)NC5=O)c(F)c4)CC3)CC2)ccc1Nc1ncc(Cl)c(Nc2cccc3c2N(S(C)(=O)=O)CC32CC2)n1. The fourth-order valence-corrected chi connectivity index (χ4v) is 11.5. The third-order valence-corrected chi connectivity index (χ3v) is 15.7. The Morgan fingerprint density at radius 1 is 0.938 bits per heavy atom. The number of halogens is 2. The molecule has 17 heteroatoms. The lowest BCUT2D eigenvalue weighted by molar-refractivity contribution is -0.134. The maximum Gasteiger partial charge on any atom is 0.234 e. The highest BCUT2D eigenvalue weighted by atomic mass is 35.5. The number of imide groups is 1. The van der Waals surface area contributed by atoms with Gasteiger partial charge < -0.3 is 30.9 Å². The molecule has 5 N–H and O–H groups in total. The van der Waals surface area contributed by atoms with E-state index < -0.39 is 21.8 Å². The largest absolute Gasteiger partial charge is 0.494 e. The number of amides is 2. The zero-order chi connectivity index (χ0) is 45.3. The Bertz CT molecular complexity index is 2530. The molecule has 1 spiro atoms. The summed E-state index contributed by atoms with van der Waals surface area (Å²) in [7, 11) is -1.85. The Balaban J connectivity index is 0.695. The minimum atomic E-state index is -3.49. The number of rotatable bonds is 16. The first kappa shape index (κ1) is 45.1. The number of nitrogens with one attached hydrogen (secondary N) is 5. The van der Waals surface area contributed by atoms with Crippen molar-refractivity contribution in [2.75, 3.05) is 72.5 Å². The van der Waals surface area contributed by atoms with Gasteiger partial charge in [-0.15, -0.1) is 0 Å². The second-order valence-corrected chi connectivity index (χ2v) is 20.8. The van der Waals surface area contributed by atoms with Crippen LogP contribution in [0.1, 0.15) is 99.2 Å². The monoisotopic (exact) mass is 927 g/mol. The van der Waals surface area contributed by atoms with E-state index in [0.29, 0.717) is 76.0 Å². The molecule has 346 valence electrons. The molecule has 1 unspecified atom stereocenters. The number of anilines is 6. The van der Waals surface area contributed by atoms with Crippen molar-refractivity contribution in [1.82, 2.24) is 25.9 Å². The van der Waals surface area contributed by atoms with Gasteiger partial charge in [-0.25, -0.2) is 17.8 Å². The summed E-state index contributed by atoms with van der Waals surface area (Å²) in [5.41, 5.74) is 5.37. The summed E-state index contributed by atoms with van der Waals surface area (Å²) in [5.74, 6) is 0.696. The van der Waals surface area contributed by atoms with Gasteiger partial charge in [0.1, 0.15) is 16.6 Å². The maximum absolute atomic E-state index is 15.1. The van der Waals surface area contributed by atoms with Crippen molar-refractivity contribution in [3.8, 4) is 5.75 Å². The van der Waals surface area contributed by atoms with Gasteiger partial charge in [0, 0.05) is 67.9 Å². The van der Waals surface area contributed by atoms with Crippen LogP contribution in [0.2, 0.25) is 5.02 Å². The summed E-state index contributed by atoms with van der Waals surface area (Å²) in [6.45, 7) is 5.13. The minimum Gasteiger partial charge on any atom is -0.494 e. The number of sulfonamides is 1. The molecule has 3 aliphatic heterocycles. The van der Waals surface area contributed by atoms with Crippen LogP contribution in [0.3, 0.4) is 0 Å². The van der Waals surface area contributed by atoms with E-state index in [2.05, 4.69) is 47.5 Å². The summed E-state index contributed by atoms with van der Waals surface area (Å²) >= 11 is 6.59. The molecule has 0 bridgehead atoms. The van der Waals surface area contributed by atoms with E-state index >= 15 is 4.39 Å². The third kappa shape index (κ3) is 10.1. The highest BCUT2D eigenvalue weighted by Crippen LogP contribution is 2.59. The van der Waals surface area contributed by atoms with E-state index in [4.69, 9.17) is 16.3 Å². The van der Waals surface area contributed by atoms with Crippen molar-refractivity contribution in [1.29, 1.82) is 0 Å². The van der Waals surface area contributed by atoms with Crippen molar-refractivity contribution in [3.63, 3.8) is 0 Å². The number of carbonyl (C=O) groups excluding carboxylic acids is 2. The molecular weight excluding hydrogens is 869 g/mol. The number of hydrogen-bond acceptors (Lipinski definition) is 12. The van der Waals surface area contributed by atoms with Gasteiger partial charge in [-0.05, 0) is 118 Å². The number of methoxy groups -OCH3 is 1. The number of fused-ring (bicyclic) bond motifs is 2. The van der Waals surface area contributed by atoms with E-state index in [1.165, 1.54) is 16.8 Å². The van der Waals surface area contributed by atoms with E-state index in [-0.39, 0.29) is 23.6 Å². The molecule has 4 aromatic rings. The number of hydrogen-bond donors (Lipinski definition) is 5. The molecule has 4 heterocycles. The van der Waals surface area contributed by atoms with Crippen LogP contribution < -0.4 is 40.5 Å². The van der Waals surface area contributed by atoms with Gasteiger partial charge in [0.05, 0.1) is 42.5 Å². The topological polar surface area (TPSA) is 170 Å². The van der Waals surface area contributed by atoms with Gasteiger partial charge in [-0.3, -0.25) is 19.2 Å². The van der Waals surface area contributed by atoms with Gasteiger partial charge >= 0.3 is 0 Å². The Kier molecular flexibility index (Phi) is 13.2. The van der Waals surface area contributed by atoms with Crippen molar-refractivity contribution in [2.24, 2.45) is 5.92 Å². The van der Waals surface area contributed by atoms with Crippen LogP contribution in [-0.4, -0.2) is 88.9 Å². The molecular formula is C48H59ClFN9O5S. The number of carbonyl (C=O) groups is 2. The smallest absolute Gasteiger partial charge is 0.234 e. The van der Waals surface area contributed by atoms with Crippen molar-refractivity contribution < 1.29 is 27.1 Å². The fourth-order valence-electron chi connectivity index (χ4n) is 10.4. The number of nitrogens with zero attached hydrogens (tertiary/aromatic N) is 4. The lowest BCUT2D eigenvalue weighted by Crippen LogP contribution is -2.44. The molecule has 9 rings (SSSR count). The Morgan fingerprint density at radius 2 is 1.74 bits per heavy atom. The van der Waals surface area contributed by atoms with Crippen LogP contribution in [0.25, 0.3) is 0 Å². The van der Waals surface area contributed by atoms with Crippen LogP contribution in [0.15, 0.2) is 60.8 Å². The average molecular weight is 929 g/mol. The number of ether oxygens (including phenoxy) is 1. The summed E-state index contributed by atoms with van der Waals surface area (Å²) in [6.07, 6.45) is 12.8. The average Bonchev–Trinajstić information content (AvgIpc) is 4.00. The number of para-hydroxylation sites is 1. The van der Waals surface area contributed by atoms with E-state index in [1.54, 1.807) is 19.2 Å². The number of benzene rings is 3. The first-order chi connectivity index (χ1) is 31.4. The van der Waals surface area contributed by atoms with Crippen LogP contribution in [-0.2, 0) is 25.0 Å². The summed E-state index contributed by atoms with van der Waals surface area (Å²) < 4.78 is 48.1. The van der Waals surface area contributed by atoms with E-state index in [1.807, 2.05) is 36.4 Å². The molecule has 1 aromatic heterocycles. The highest BCUT2D eigenvalue weighted by molar-refractivity contribution is 7.92. The summed E-state index contributed by atoms with van der Waals surface area (Å²) in [4.78, 5) is 35.3. The maximum atomic E-state index is 15.1. The number of piperidine rings is 2. The van der Waals surface area contributed by atoms with E-state index in [9.17, 15) is 18.0 Å². The van der Waals surface area contributed by atoms with Gasteiger partial charge in [-0.1, -0.05) is 35.9 Å². The molecule has 2 aliphatic carbocycles. The molecule has 14 nitrogen and oxygen atoms in total. The lowest BCUT2D eigenvalue weighted by atomic mass is 9.77. The zero-order valence-electron chi connectivity index (χ0n) is 37.1. The summed E-state index contributed by atoms with van der Waals surface area (Å²) in [5, 5.41) is 16.6. The molecule has 5 aliphatic rings. The first-order valence-electron chi connectivity index (χ1n) is 23.1. The highest BCUT2D eigenvalue weighted by Gasteiger charge is 2.54. The third-order valence-electron chi connectivity index (χ3n) is 14.3. The zero-order valence-corrected chi connectivity index (χ0v) is 38.7. The van der Waals surface area contributed by atoms with Gasteiger partial charge in [0.2, 0.25) is 27.8 Å². The fraction of sp³-hybridized carbons (Fsp3) is 0.500. The Labute approximate surface area is 385 Å². The van der Waals surface area contributed by atoms with Crippen LogP contribution in [0, 0.1) is 11.7 Å². The second-order valence-electron chi connectivity index (χ2n) is 18.5. The van der Waals surface area contributed by atoms with Crippen LogP contribution in [0.4, 0.5) is 38.9 Å². The second kappa shape index (κ2) is 19.1. The van der Waals surface area contributed by atoms with Crippen molar-refractivity contribution in [3.05, 3.63) is 88.3 Å². The molecule has 2 saturated carbocycles. The van der Waals surface area contributed by atoms with Crippen LogP contribution >= 0.6 is 11.6 Å². The predicted molar refractivity (Wildman–Crippen MR) is 253 cm³/mol. The number of aromatic nitrogens is 2. The van der Waals surface area contributed by atoms with E-state index in [0.717, 1.165) is 107 Å². The summed E-state index contributed by atoms with van der Waals surface area (Å²) in [6, 6.07) is 17.7. The Hall–Kier alpha value is -5.03. The van der Waals surface area contributed by atoms with Crippen LogP contribution in [0.5, 0.6) is 5.75 Å². The Morgan fingerprint density at radius 3 is 2.46 bits per heavy atom. The normalized spacial score (nSPS) is 21.9. The van der Waals surface area contributed by atoms with Gasteiger partial charge in [0.15, 0.2) is 5.82 Å². The quantitative estimate of drug-likeness (QED) is 0.0552.